The van der Waals surface area contributed by atoms with E-state index in [1.165, 1.54) is 0 Å². The summed E-state index contributed by atoms with van der Waals surface area (Å²) in [5.41, 5.74) is 4.12. The quantitative estimate of drug-likeness (QED) is 0.914. The lowest BCUT2D eigenvalue weighted by Crippen LogP contribution is -2.31. The zero-order chi connectivity index (χ0) is 17.1. The number of pyridine rings is 1. The highest BCUT2D eigenvalue weighted by atomic mass is 16.5. The van der Waals surface area contributed by atoms with Gasteiger partial charge in [0.15, 0.2) is 0 Å². The first-order chi connectivity index (χ1) is 11.5. The number of aromatic nitrogens is 3. The van der Waals surface area contributed by atoms with Crippen molar-refractivity contribution in [3.63, 3.8) is 0 Å². The van der Waals surface area contributed by atoms with Crippen LogP contribution < -0.4 is 4.74 Å². The summed E-state index contributed by atoms with van der Waals surface area (Å²) in [5, 5.41) is 7.15. The molecule has 0 aromatic carbocycles. The Hall–Kier alpha value is -2.37. The molecule has 3 rings (SSSR count). The van der Waals surface area contributed by atoms with Crippen molar-refractivity contribution in [2.24, 2.45) is 0 Å². The van der Waals surface area contributed by atoms with Crippen molar-refractivity contribution < 1.29 is 9.53 Å². The van der Waals surface area contributed by atoms with Crippen LogP contribution in [0, 0.1) is 20.8 Å². The van der Waals surface area contributed by atoms with Gasteiger partial charge in [0.1, 0.15) is 6.10 Å². The number of hydrogen-bond donors (Lipinski definition) is 1. The molecule has 1 amide bonds. The molecule has 0 spiro atoms. The predicted octanol–water partition coefficient (Wildman–Crippen LogP) is 2.34. The van der Waals surface area contributed by atoms with Crippen LogP contribution in [0.5, 0.6) is 5.88 Å². The molecule has 3 heterocycles. The standard InChI is InChI=1S/C18H24N4O2/c1-12-5-4-6-17(19-12)24-15-9-10-22(11-15)18(23)8-7-16-13(2)20-21-14(16)3/h4-6,15H,7-11H2,1-3H3,(H,20,21). The number of H-pyrrole nitrogens is 1. The first-order valence-corrected chi connectivity index (χ1v) is 8.41. The molecule has 2 aromatic heterocycles. The van der Waals surface area contributed by atoms with Crippen LogP contribution in [0.3, 0.4) is 0 Å². The van der Waals surface area contributed by atoms with E-state index in [1.54, 1.807) is 0 Å². The van der Waals surface area contributed by atoms with Gasteiger partial charge in [-0.15, -0.1) is 0 Å². The van der Waals surface area contributed by atoms with Gasteiger partial charge >= 0.3 is 0 Å². The Morgan fingerprint density at radius 2 is 2.21 bits per heavy atom. The van der Waals surface area contributed by atoms with Gasteiger partial charge in [0.05, 0.1) is 12.2 Å². The van der Waals surface area contributed by atoms with Gasteiger partial charge in [-0.3, -0.25) is 9.89 Å². The minimum Gasteiger partial charge on any atom is -0.472 e. The number of aryl methyl sites for hydroxylation is 3. The molecule has 0 aliphatic carbocycles. The number of carbonyl (C=O) groups excluding carboxylic acids is 1. The average Bonchev–Trinajstić information content (AvgIpc) is 3.13. The Bertz CT molecular complexity index is 706. The van der Waals surface area contributed by atoms with Crippen LogP contribution in [0.4, 0.5) is 0 Å². The van der Waals surface area contributed by atoms with Crippen molar-refractivity contribution in [2.45, 2.75) is 46.1 Å². The van der Waals surface area contributed by atoms with Crippen molar-refractivity contribution in [1.82, 2.24) is 20.1 Å². The summed E-state index contributed by atoms with van der Waals surface area (Å²) in [6.07, 6.45) is 2.12. The number of likely N-dealkylation sites (tertiary alicyclic amines) is 1. The van der Waals surface area contributed by atoms with E-state index < -0.39 is 0 Å². The lowest BCUT2D eigenvalue weighted by molar-refractivity contribution is -0.130. The first-order valence-electron chi connectivity index (χ1n) is 8.41. The number of hydrogen-bond acceptors (Lipinski definition) is 4. The second-order valence-electron chi connectivity index (χ2n) is 6.40. The van der Waals surface area contributed by atoms with E-state index in [1.807, 2.05) is 43.9 Å². The molecule has 1 fully saturated rings. The van der Waals surface area contributed by atoms with Crippen LogP contribution in [0.1, 0.15) is 35.5 Å². The fraction of sp³-hybridized carbons (Fsp3) is 0.500. The Labute approximate surface area is 142 Å². The summed E-state index contributed by atoms with van der Waals surface area (Å²) >= 11 is 0. The van der Waals surface area contributed by atoms with Crippen molar-refractivity contribution in [3.8, 4) is 5.88 Å². The SMILES string of the molecule is Cc1cccc(OC2CCN(C(=O)CCc3c(C)n[nH]c3C)C2)n1. The van der Waals surface area contributed by atoms with E-state index in [9.17, 15) is 4.79 Å². The van der Waals surface area contributed by atoms with Crippen molar-refractivity contribution in [3.05, 3.63) is 40.8 Å². The maximum atomic E-state index is 12.4. The Balaban J connectivity index is 1.51. The third-order valence-corrected chi connectivity index (χ3v) is 4.52. The van der Waals surface area contributed by atoms with Gasteiger partial charge in [0, 0.05) is 36.8 Å². The number of nitrogens with one attached hydrogen (secondary N) is 1. The fourth-order valence-corrected chi connectivity index (χ4v) is 3.14. The van der Waals surface area contributed by atoms with Crippen LogP contribution in [0.25, 0.3) is 0 Å². The molecule has 2 aromatic rings. The molecular formula is C18H24N4O2. The van der Waals surface area contributed by atoms with Gasteiger partial charge in [0.25, 0.3) is 0 Å². The summed E-state index contributed by atoms with van der Waals surface area (Å²) < 4.78 is 5.91. The van der Waals surface area contributed by atoms with Crippen LogP contribution in [0.15, 0.2) is 18.2 Å². The molecule has 1 saturated heterocycles. The Morgan fingerprint density at radius 1 is 1.38 bits per heavy atom. The van der Waals surface area contributed by atoms with Gasteiger partial charge < -0.3 is 9.64 Å². The molecule has 24 heavy (non-hydrogen) atoms. The maximum absolute atomic E-state index is 12.4. The topological polar surface area (TPSA) is 71.1 Å². The zero-order valence-electron chi connectivity index (χ0n) is 14.5. The van der Waals surface area contributed by atoms with E-state index in [2.05, 4.69) is 15.2 Å². The molecular weight excluding hydrogens is 304 g/mol. The average molecular weight is 328 g/mol. The molecule has 1 aliphatic rings. The lowest BCUT2D eigenvalue weighted by atomic mass is 10.1. The maximum Gasteiger partial charge on any atom is 0.223 e. The van der Waals surface area contributed by atoms with Crippen LogP contribution in [0.2, 0.25) is 0 Å². The molecule has 1 N–H and O–H groups in total. The molecule has 6 heteroatoms. The van der Waals surface area contributed by atoms with Gasteiger partial charge in [0.2, 0.25) is 11.8 Å². The number of amides is 1. The molecule has 1 unspecified atom stereocenters. The minimum atomic E-state index is 0.0284. The number of ether oxygens (including phenoxy) is 1. The fourth-order valence-electron chi connectivity index (χ4n) is 3.14. The second kappa shape index (κ2) is 7.03. The summed E-state index contributed by atoms with van der Waals surface area (Å²) in [6.45, 7) is 7.29. The van der Waals surface area contributed by atoms with E-state index >= 15 is 0 Å². The smallest absolute Gasteiger partial charge is 0.223 e. The first kappa shape index (κ1) is 16.5. The van der Waals surface area contributed by atoms with Crippen molar-refractivity contribution in [2.75, 3.05) is 13.1 Å². The van der Waals surface area contributed by atoms with E-state index in [-0.39, 0.29) is 12.0 Å². The molecule has 6 nitrogen and oxygen atoms in total. The summed E-state index contributed by atoms with van der Waals surface area (Å²) in [7, 11) is 0. The van der Waals surface area contributed by atoms with Crippen LogP contribution in [-0.2, 0) is 11.2 Å². The van der Waals surface area contributed by atoms with Gasteiger partial charge in [-0.05, 0) is 38.8 Å². The summed E-state index contributed by atoms with van der Waals surface area (Å²) in [6, 6.07) is 5.74. The highest BCUT2D eigenvalue weighted by Gasteiger charge is 2.27. The third kappa shape index (κ3) is 3.75. The minimum absolute atomic E-state index is 0.0284. The zero-order valence-corrected chi connectivity index (χ0v) is 14.5. The molecule has 128 valence electrons. The summed E-state index contributed by atoms with van der Waals surface area (Å²) in [4.78, 5) is 18.7. The molecule has 0 radical (unpaired) electrons. The number of carbonyl (C=O) groups is 1. The van der Waals surface area contributed by atoms with E-state index in [0.717, 1.165) is 42.0 Å². The Kier molecular flexibility index (Phi) is 4.83. The van der Waals surface area contributed by atoms with Crippen LogP contribution in [-0.4, -0.2) is 45.2 Å². The largest absolute Gasteiger partial charge is 0.472 e. The lowest BCUT2D eigenvalue weighted by Gasteiger charge is -2.17. The van der Waals surface area contributed by atoms with E-state index in [4.69, 9.17) is 4.74 Å². The van der Waals surface area contributed by atoms with Crippen LogP contribution >= 0.6 is 0 Å². The number of nitrogens with zero attached hydrogens (tertiary/aromatic N) is 3. The number of rotatable bonds is 5. The van der Waals surface area contributed by atoms with Crippen molar-refractivity contribution in [1.29, 1.82) is 0 Å². The van der Waals surface area contributed by atoms with E-state index in [0.29, 0.717) is 18.8 Å². The number of aromatic amines is 1. The highest BCUT2D eigenvalue weighted by Crippen LogP contribution is 2.19. The molecule has 1 atom stereocenters. The van der Waals surface area contributed by atoms with Gasteiger partial charge in [-0.1, -0.05) is 6.07 Å². The second-order valence-corrected chi connectivity index (χ2v) is 6.40. The predicted molar refractivity (Wildman–Crippen MR) is 91.0 cm³/mol. The molecule has 0 saturated carbocycles. The third-order valence-electron chi connectivity index (χ3n) is 4.52. The molecule has 1 aliphatic heterocycles. The monoisotopic (exact) mass is 328 g/mol. The van der Waals surface area contributed by atoms with Gasteiger partial charge in [-0.2, -0.15) is 5.10 Å². The summed E-state index contributed by atoms with van der Waals surface area (Å²) in [5.74, 6) is 0.817. The molecule has 0 bridgehead atoms. The highest BCUT2D eigenvalue weighted by molar-refractivity contribution is 5.76. The Morgan fingerprint density at radius 3 is 2.92 bits per heavy atom. The van der Waals surface area contributed by atoms with Crippen molar-refractivity contribution >= 4 is 5.91 Å². The normalized spacial score (nSPS) is 17.3. The van der Waals surface area contributed by atoms with Gasteiger partial charge in [-0.25, -0.2) is 4.98 Å².